The van der Waals surface area contributed by atoms with E-state index < -0.39 is 0 Å². The number of aromatic nitrogens is 4. The van der Waals surface area contributed by atoms with Gasteiger partial charge in [0, 0.05) is 5.69 Å². The highest BCUT2D eigenvalue weighted by Crippen LogP contribution is 2.25. The molecule has 0 saturated heterocycles. The lowest BCUT2D eigenvalue weighted by atomic mass is 10.2. The molecular weight excluding hydrogens is 296 g/mol. The molecule has 0 amide bonds. The summed E-state index contributed by atoms with van der Waals surface area (Å²) in [5.74, 6) is 0.484. The highest BCUT2D eigenvalue weighted by atomic mass is 35.5. The molecule has 0 spiro atoms. The SMILES string of the molecule is N#Cc1cccc(Nc2nc(Cl)nc3[nH][nH]c(=S)c23)c1. The number of halogens is 1. The molecule has 0 unspecified atom stereocenters. The van der Waals surface area contributed by atoms with Crippen molar-refractivity contribution in [1.82, 2.24) is 20.2 Å². The quantitative estimate of drug-likeness (QED) is 0.499. The minimum Gasteiger partial charge on any atom is -0.339 e. The molecule has 8 heteroatoms. The van der Waals surface area contributed by atoms with Crippen molar-refractivity contribution in [1.29, 1.82) is 5.26 Å². The summed E-state index contributed by atoms with van der Waals surface area (Å²) in [6.07, 6.45) is 0. The molecule has 2 aromatic heterocycles. The fourth-order valence-electron chi connectivity index (χ4n) is 1.81. The lowest BCUT2D eigenvalue weighted by Crippen LogP contribution is -1.97. The van der Waals surface area contributed by atoms with Crippen LogP contribution in [0.3, 0.4) is 0 Å². The second-order valence-electron chi connectivity index (χ2n) is 3.96. The highest BCUT2D eigenvalue weighted by molar-refractivity contribution is 7.71. The second-order valence-corrected chi connectivity index (χ2v) is 4.71. The van der Waals surface area contributed by atoms with E-state index in [0.717, 1.165) is 5.69 Å². The number of nitrogens with one attached hydrogen (secondary N) is 3. The summed E-state index contributed by atoms with van der Waals surface area (Å²) in [5, 5.41) is 18.4. The van der Waals surface area contributed by atoms with Crippen LogP contribution in [0.15, 0.2) is 24.3 Å². The van der Waals surface area contributed by atoms with E-state index in [1.165, 1.54) is 0 Å². The van der Waals surface area contributed by atoms with Gasteiger partial charge in [0.2, 0.25) is 5.28 Å². The summed E-state index contributed by atoms with van der Waals surface area (Å²) in [6, 6.07) is 9.10. The topological polar surface area (TPSA) is 93.2 Å². The zero-order valence-corrected chi connectivity index (χ0v) is 11.5. The molecule has 3 aromatic rings. The number of aromatic amines is 2. The minimum absolute atomic E-state index is 0.0988. The third kappa shape index (κ3) is 2.22. The molecule has 0 aliphatic heterocycles. The van der Waals surface area contributed by atoms with Gasteiger partial charge in [-0.3, -0.25) is 10.2 Å². The van der Waals surface area contributed by atoms with Crippen LogP contribution in [0, 0.1) is 16.0 Å². The standard InChI is InChI=1S/C12H7ClN6S/c13-12-16-9(8-10(17-12)18-19-11(8)20)15-7-3-1-2-6(4-7)5-14/h1-4H,(H3,15,16,17,18,19,20). The first-order valence-electron chi connectivity index (χ1n) is 5.58. The third-order valence-corrected chi connectivity index (χ3v) is 3.13. The van der Waals surface area contributed by atoms with Crippen LogP contribution >= 0.6 is 23.8 Å². The molecule has 2 heterocycles. The lowest BCUT2D eigenvalue weighted by Gasteiger charge is -2.06. The van der Waals surface area contributed by atoms with Crippen LogP contribution in [-0.2, 0) is 0 Å². The first kappa shape index (κ1) is 12.6. The summed E-state index contributed by atoms with van der Waals surface area (Å²) >= 11 is 11.1. The predicted molar refractivity (Wildman–Crippen MR) is 78.5 cm³/mol. The molecule has 0 fully saturated rings. The van der Waals surface area contributed by atoms with E-state index >= 15 is 0 Å². The molecule has 3 rings (SSSR count). The maximum Gasteiger partial charge on any atom is 0.226 e. The van der Waals surface area contributed by atoms with Gasteiger partial charge in [-0.15, -0.1) is 0 Å². The summed E-state index contributed by atoms with van der Waals surface area (Å²) < 4.78 is 0.482. The molecule has 98 valence electrons. The van der Waals surface area contributed by atoms with Gasteiger partial charge in [-0.05, 0) is 29.8 Å². The largest absolute Gasteiger partial charge is 0.339 e. The van der Waals surface area contributed by atoms with Crippen LogP contribution in [0.5, 0.6) is 0 Å². The van der Waals surface area contributed by atoms with Gasteiger partial charge in [0.1, 0.15) is 10.5 Å². The van der Waals surface area contributed by atoms with E-state index in [-0.39, 0.29) is 5.28 Å². The zero-order chi connectivity index (χ0) is 14.1. The number of benzene rings is 1. The summed E-state index contributed by atoms with van der Waals surface area (Å²) in [7, 11) is 0. The number of hydrogen-bond acceptors (Lipinski definition) is 5. The van der Waals surface area contributed by atoms with Gasteiger partial charge in [-0.2, -0.15) is 15.2 Å². The molecule has 20 heavy (non-hydrogen) atoms. The van der Waals surface area contributed by atoms with E-state index in [0.29, 0.717) is 27.1 Å². The Morgan fingerprint density at radius 3 is 2.95 bits per heavy atom. The van der Waals surface area contributed by atoms with Crippen molar-refractivity contribution in [2.75, 3.05) is 5.32 Å². The number of fused-ring (bicyclic) bond motifs is 1. The molecule has 0 aliphatic carbocycles. The first-order valence-corrected chi connectivity index (χ1v) is 6.37. The maximum absolute atomic E-state index is 8.90. The van der Waals surface area contributed by atoms with Crippen molar-refractivity contribution >= 4 is 46.4 Å². The second kappa shape index (κ2) is 4.92. The Kier molecular flexibility index (Phi) is 3.10. The van der Waals surface area contributed by atoms with Crippen LogP contribution in [0.4, 0.5) is 11.5 Å². The summed E-state index contributed by atoms with van der Waals surface area (Å²) in [6.45, 7) is 0. The Labute approximate surface area is 123 Å². The van der Waals surface area contributed by atoms with Gasteiger partial charge in [0.05, 0.1) is 17.0 Å². The number of nitriles is 1. The minimum atomic E-state index is 0.0988. The van der Waals surface area contributed by atoms with E-state index in [2.05, 4.69) is 31.6 Å². The van der Waals surface area contributed by atoms with Crippen molar-refractivity contribution in [3.05, 3.63) is 39.8 Å². The Bertz CT molecular complexity index is 891. The van der Waals surface area contributed by atoms with Gasteiger partial charge in [-0.1, -0.05) is 18.3 Å². The highest BCUT2D eigenvalue weighted by Gasteiger charge is 2.10. The monoisotopic (exact) mass is 302 g/mol. The molecule has 0 aliphatic rings. The van der Waals surface area contributed by atoms with Crippen molar-refractivity contribution < 1.29 is 0 Å². The van der Waals surface area contributed by atoms with Crippen LogP contribution in [0.25, 0.3) is 11.0 Å². The molecule has 0 saturated carbocycles. The van der Waals surface area contributed by atoms with Crippen molar-refractivity contribution in [3.63, 3.8) is 0 Å². The molecule has 1 aromatic carbocycles. The molecule has 0 bridgehead atoms. The Hall–Kier alpha value is -2.43. The van der Waals surface area contributed by atoms with E-state index in [9.17, 15) is 0 Å². The van der Waals surface area contributed by atoms with Gasteiger partial charge >= 0.3 is 0 Å². The third-order valence-electron chi connectivity index (χ3n) is 2.66. The smallest absolute Gasteiger partial charge is 0.226 e. The van der Waals surface area contributed by atoms with Gasteiger partial charge in [-0.25, -0.2) is 0 Å². The number of anilines is 2. The van der Waals surface area contributed by atoms with Crippen molar-refractivity contribution in [2.45, 2.75) is 0 Å². The van der Waals surface area contributed by atoms with E-state index in [4.69, 9.17) is 29.1 Å². The predicted octanol–water partition coefficient (Wildman–Crippen LogP) is 3.28. The summed E-state index contributed by atoms with van der Waals surface area (Å²) in [5.41, 5.74) is 1.79. The number of hydrogen-bond donors (Lipinski definition) is 3. The zero-order valence-electron chi connectivity index (χ0n) is 9.94. The Balaban J connectivity index is 2.12. The number of H-pyrrole nitrogens is 2. The fraction of sp³-hybridized carbons (Fsp3) is 0. The summed E-state index contributed by atoms with van der Waals surface area (Å²) in [4.78, 5) is 8.18. The normalized spacial score (nSPS) is 10.4. The lowest BCUT2D eigenvalue weighted by molar-refractivity contribution is 1.08. The van der Waals surface area contributed by atoms with Crippen LogP contribution in [0.2, 0.25) is 5.28 Å². The Morgan fingerprint density at radius 1 is 1.30 bits per heavy atom. The van der Waals surface area contributed by atoms with Gasteiger partial charge < -0.3 is 5.32 Å². The van der Waals surface area contributed by atoms with E-state index in [1.807, 2.05) is 6.07 Å². The molecular formula is C12H7ClN6S. The average molecular weight is 303 g/mol. The maximum atomic E-state index is 8.90. The number of rotatable bonds is 2. The van der Waals surface area contributed by atoms with Crippen molar-refractivity contribution in [2.24, 2.45) is 0 Å². The van der Waals surface area contributed by atoms with Crippen LogP contribution in [-0.4, -0.2) is 20.2 Å². The van der Waals surface area contributed by atoms with Crippen LogP contribution in [0.1, 0.15) is 5.56 Å². The molecule has 3 N–H and O–H groups in total. The average Bonchev–Trinajstić information content (AvgIpc) is 2.80. The number of nitrogens with zero attached hydrogens (tertiary/aromatic N) is 3. The molecule has 0 radical (unpaired) electrons. The fourth-order valence-corrected chi connectivity index (χ4v) is 2.22. The molecule has 0 atom stereocenters. The van der Waals surface area contributed by atoms with Crippen LogP contribution < -0.4 is 5.32 Å². The van der Waals surface area contributed by atoms with Crippen molar-refractivity contribution in [3.8, 4) is 6.07 Å². The van der Waals surface area contributed by atoms with E-state index in [1.54, 1.807) is 18.2 Å². The van der Waals surface area contributed by atoms with Gasteiger partial charge in [0.15, 0.2) is 5.65 Å². The first-order chi connectivity index (χ1) is 9.67. The molecule has 6 nitrogen and oxygen atoms in total. The Morgan fingerprint density at radius 2 is 2.15 bits per heavy atom. The van der Waals surface area contributed by atoms with Gasteiger partial charge in [0.25, 0.3) is 0 Å².